The molecule has 24 heavy (non-hydrogen) atoms. The van der Waals surface area contributed by atoms with Crippen molar-refractivity contribution in [1.82, 2.24) is 5.16 Å². The lowest BCUT2D eigenvalue weighted by Gasteiger charge is -2.01. The van der Waals surface area contributed by atoms with Crippen LogP contribution in [0.1, 0.15) is 28.4 Å². The van der Waals surface area contributed by atoms with Gasteiger partial charge in [-0.05, 0) is 30.2 Å². The second kappa shape index (κ2) is 6.80. The van der Waals surface area contributed by atoms with E-state index in [4.69, 9.17) is 9.78 Å². The quantitative estimate of drug-likeness (QED) is 0.788. The molecule has 118 valence electrons. The van der Waals surface area contributed by atoms with Crippen molar-refractivity contribution < 1.29 is 9.32 Å². The van der Waals surface area contributed by atoms with Crippen LogP contribution in [0.25, 0.3) is 11.3 Å². The van der Waals surface area contributed by atoms with Crippen molar-refractivity contribution in [2.45, 2.75) is 13.3 Å². The molecule has 0 radical (unpaired) electrons. The molecule has 0 aliphatic carbocycles. The smallest absolute Gasteiger partial charge is 0.258 e. The van der Waals surface area contributed by atoms with Crippen molar-refractivity contribution in [2.24, 2.45) is 0 Å². The zero-order valence-corrected chi connectivity index (χ0v) is 13.1. The summed E-state index contributed by atoms with van der Waals surface area (Å²) in [5.74, 6) is -0.0898. The number of aromatic nitrogens is 1. The van der Waals surface area contributed by atoms with E-state index in [1.165, 1.54) is 11.6 Å². The zero-order valence-electron chi connectivity index (χ0n) is 13.1. The van der Waals surface area contributed by atoms with Crippen molar-refractivity contribution >= 4 is 11.8 Å². The minimum absolute atomic E-state index is 0.261. The molecule has 5 nitrogen and oxygen atoms in total. The van der Waals surface area contributed by atoms with E-state index < -0.39 is 0 Å². The van der Waals surface area contributed by atoms with E-state index in [1.807, 2.05) is 30.3 Å². The summed E-state index contributed by atoms with van der Waals surface area (Å²) < 4.78 is 5.18. The third kappa shape index (κ3) is 3.33. The molecule has 0 atom stereocenters. The second-order valence-corrected chi connectivity index (χ2v) is 5.27. The lowest BCUT2D eigenvalue weighted by Crippen LogP contribution is -2.11. The fourth-order valence-corrected chi connectivity index (χ4v) is 2.30. The highest BCUT2D eigenvalue weighted by Gasteiger charge is 2.11. The van der Waals surface area contributed by atoms with Crippen LogP contribution < -0.4 is 5.32 Å². The lowest BCUT2D eigenvalue weighted by atomic mass is 10.1. The predicted molar refractivity (Wildman–Crippen MR) is 90.4 cm³/mol. The van der Waals surface area contributed by atoms with Crippen LogP contribution in [0, 0.1) is 11.3 Å². The molecule has 0 saturated carbocycles. The lowest BCUT2D eigenvalue weighted by molar-refractivity contribution is 0.102. The Balaban J connectivity index is 1.75. The zero-order chi connectivity index (χ0) is 16.9. The number of benzene rings is 2. The summed E-state index contributed by atoms with van der Waals surface area (Å²) in [6.45, 7) is 2.10. The summed E-state index contributed by atoms with van der Waals surface area (Å²) in [6.07, 6.45) is 0.974. The third-order valence-electron chi connectivity index (χ3n) is 3.66. The third-order valence-corrected chi connectivity index (χ3v) is 3.66. The number of rotatable bonds is 4. The van der Waals surface area contributed by atoms with Crippen molar-refractivity contribution in [3.63, 3.8) is 0 Å². The molecule has 1 heterocycles. The Kier molecular flexibility index (Phi) is 4.39. The van der Waals surface area contributed by atoms with E-state index >= 15 is 0 Å². The van der Waals surface area contributed by atoms with E-state index in [2.05, 4.69) is 17.4 Å². The summed E-state index contributed by atoms with van der Waals surface area (Å²) in [5.41, 5.74) is 3.63. The first kappa shape index (κ1) is 15.5. The van der Waals surface area contributed by atoms with Crippen molar-refractivity contribution in [1.29, 1.82) is 5.26 Å². The van der Waals surface area contributed by atoms with Crippen molar-refractivity contribution in [3.05, 3.63) is 71.3 Å². The highest BCUT2D eigenvalue weighted by molar-refractivity contribution is 6.03. The Morgan fingerprint density at radius 2 is 2.00 bits per heavy atom. The molecular formula is C19H15N3O2. The molecule has 1 aromatic heterocycles. The monoisotopic (exact) mass is 317 g/mol. The number of amides is 1. The van der Waals surface area contributed by atoms with Gasteiger partial charge in [0.25, 0.3) is 5.91 Å². The van der Waals surface area contributed by atoms with Crippen LogP contribution in [0.2, 0.25) is 0 Å². The summed E-state index contributed by atoms with van der Waals surface area (Å²) in [4.78, 5) is 12.2. The molecule has 0 spiro atoms. The van der Waals surface area contributed by atoms with Gasteiger partial charge in [-0.15, -0.1) is 0 Å². The first-order valence-electron chi connectivity index (χ1n) is 7.57. The van der Waals surface area contributed by atoms with Gasteiger partial charge in [-0.2, -0.15) is 5.26 Å². The van der Waals surface area contributed by atoms with Crippen LogP contribution in [-0.4, -0.2) is 11.1 Å². The van der Waals surface area contributed by atoms with Crippen LogP contribution in [0.5, 0.6) is 0 Å². The number of carbonyl (C=O) groups excluding carboxylic acids is 1. The van der Waals surface area contributed by atoms with Gasteiger partial charge in [-0.25, -0.2) is 0 Å². The Morgan fingerprint density at radius 1 is 1.21 bits per heavy atom. The van der Waals surface area contributed by atoms with Gasteiger partial charge in [0.15, 0.2) is 0 Å². The number of nitriles is 1. The summed E-state index contributed by atoms with van der Waals surface area (Å²) in [5, 5.41) is 15.5. The molecule has 3 rings (SSSR count). The number of nitrogens with zero attached hydrogens (tertiary/aromatic N) is 2. The molecule has 5 heteroatoms. The number of aryl methyl sites for hydroxylation is 1. The maximum Gasteiger partial charge on any atom is 0.258 e. The highest BCUT2D eigenvalue weighted by atomic mass is 16.5. The molecule has 0 aliphatic rings. The van der Waals surface area contributed by atoms with Crippen molar-refractivity contribution in [3.8, 4) is 17.3 Å². The molecule has 2 aromatic carbocycles. The first-order chi connectivity index (χ1) is 11.7. The standard InChI is InChI=1S/C19H15N3O2/c1-2-13-6-8-15(9-7-13)17-11-18(24-22-17)21-19(23)16-5-3-4-14(10-16)12-20/h3-11H,2H2,1H3,(H,21,23). The van der Waals surface area contributed by atoms with Crippen LogP contribution in [-0.2, 0) is 6.42 Å². The van der Waals surface area contributed by atoms with Gasteiger partial charge in [-0.1, -0.05) is 42.4 Å². The molecule has 0 bridgehead atoms. The van der Waals surface area contributed by atoms with Crippen LogP contribution in [0.15, 0.2) is 59.1 Å². The number of carbonyl (C=O) groups is 1. The van der Waals surface area contributed by atoms with Gasteiger partial charge in [-0.3, -0.25) is 10.1 Å². The number of hydrogen-bond acceptors (Lipinski definition) is 4. The number of nitrogens with one attached hydrogen (secondary N) is 1. The van der Waals surface area contributed by atoms with Gasteiger partial charge in [0, 0.05) is 17.2 Å². The molecule has 0 unspecified atom stereocenters. The fraction of sp³-hybridized carbons (Fsp3) is 0.105. The Morgan fingerprint density at radius 3 is 2.71 bits per heavy atom. The minimum atomic E-state index is -0.351. The Hall–Kier alpha value is -3.39. The number of anilines is 1. The van der Waals surface area contributed by atoms with Crippen LogP contribution >= 0.6 is 0 Å². The van der Waals surface area contributed by atoms with Crippen LogP contribution in [0.4, 0.5) is 5.88 Å². The summed E-state index contributed by atoms with van der Waals surface area (Å²) in [7, 11) is 0. The average Bonchev–Trinajstić information content (AvgIpc) is 3.10. The molecular weight excluding hydrogens is 302 g/mol. The molecule has 0 aliphatic heterocycles. The molecule has 0 saturated heterocycles. The first-order valence-corrected chi connectivity index (χ1v) is 7.57. The SMILES string of the molecule is CCc1ccc(-c2cc(NC(=O)c3cccc(C#N)c3)on2)cc1. The van der Waals surface area contributed by atoms with Gasteiger partial charge in [0.1, 0.15) is 5.69 Å². The maximum absolute atomic E-state index is 12.2. The van der Waals surface area contributed by atoms with Crippen molar-refractivity contribution in [2.75, 3.05) is 5.32 Å². The predicted octanol–water partition coefficient (Wildman–Crippen LogP) is 4.03. The summed E-state index contributed by atoms with van der Waals surface area (Å²) >= 11 is 0. The summed E-state index contributed by atoms with van der Waals surface area (Å²) in [6, 6.07) is 18.2. The number of hydrogen-bond donors (Lipinski definition) is 1. The van der Waals surface area contributed by atoms with Gasteiger partial charge >= 0.3 is 0 Å². The Labute approximate surface area is 139 Å². The molecule has 3 aromatic rings. The highest BCUT2D eigenvalue weighted by Crippen LogP contribution is 2.22. The molecule has 1 amide bonds. The van der Waals surface area contributed by atoms with Gasteiger partial charge in [0.05, 0.1) is 11.6 Å². The molecule has 0 fully saturated rings. The largest absolute Gasteiger partial charge is 0.338 e. The Bertz CT molecular complexity index is 905. The van der Waals surface area contributed by atoms with Gasteiger partial charge in [0.2, 0.25) is 5.88 Å². The van der Waals surface area contributed by atoms with E-state index in [1.54, 1.807) is 24.3 Å². The second-order valence-electron chi connectivity index (χ2n) is 5.27. The van der Waals surface area contributed by atoms with Gasteiger partial charge < -0.3 is 4.52 Å². The van der Waals surface area contributed by atoms with E-state index in [0.29, 0.717) is 16.8 Å². The average molecular weight is 317 g/mol. The minimum Gasteiger partial charge on any atom is -0.338 e. The van der Waals surface area contributed by atoms with E-state index in [-0.39, 0.29) is 11.8 Å². The van der Waals surface area contributed by atoms with E-state index in [0.717, 1.165) is 12.0 Å². The molecule has 1 N–H and O–H groups in total. The fourth-order valence-electron chi connectivity index (χ4n) is 2.30. The van der Waals surface area contributed by atoms with E-state index in [9.17, 15) is 4.79 Å². The van der Waals surface area contributed by atoms with Crippen LogP contribution in [0.3, 0.4) is 0 Å². The maximum atomic E-state index is 12.2. The topological polar surface area (TPSA) is 78.9 Å². The normalized spacial score (nSPS) is 10.2.